The number of carboxylic acids is 1. The second kappa shape index (κ2) is 67.8. The van der Waals surface area contributed by atoms with Gasteiger partial charge in [0.2, 0.25) is 0 Å². The minimum absolute atomic E-state index is 0. The van der Waals surface area contributed by atoms with E-state index < -0.39 is 29.1 Å². The quantitative estimate of drug-likeness (QED) is 0.0259. The van der Waals surface area contributed by atoms with Crippen LogP contribution in [0, 0.1) is 38.7 Å². The van der Waals surface area contributed by atoms with Crippen molar-refractivity contribution in [2.75, 3.05) is 215 Å². The zero-order valence-corrected chi connectivity index (χ0v) is 96.9. The molecule has 0 radical (unpaired) electrons. The number of hydrogen-bond acceptors (Lipinski definition) is 34. The van der Waals surface area contributed by atoms with Crippen LogP contribution < -0.4 is 99.5 Å². The number of likely N-dealkylation sites (N-methyl/N-ethyl adjacent to an activating group) is 1. The van der Waals surface area contributed by atoms with E-state index in [0.29, 0.717) is 189 Å². The predicted octanol–water partition coefficient (Wildman–Crippen LogP) is 8.16. The number of methoxy groups -OCH3 is 2. The van der Waals surface area contributed by atoms with E-state index in [1.54, 1.807) is 64.0 Å². The molecule has 7 atom stereocenters. The van der Waals surface area contributed by atoms with Crippen molar-refractivity contribution >= 4 is 223 Å². The monoisotopic (exact) mass is 2510 g/mol. The Hall–Kier alpha value is -8.38. The van der Waals surface area contributed by atoms with Gasteiger partial charge >= 0.3 is 78.2 Å². The zero-order valence-electron chi connectivity index (χ0n) is 83.0. The van der Waals surface area contributed by atoms with E-state index in [-0.39, 0.29) is 162 Å². The largest absolute Gasteiger partial charge is 1.00 e. The van der Waals surface area contributed by atoms with E-state index in [1.165, 1.54) is 26.5 Å². The number of nitrogens with zero attached hydrogens (tertiary/aromatic N) is 19. The Kier molecular flexibility index (Phi) is 61.2. The van der Waals surface area contributed by atoms with Gasteiger partial charge in [0.15, 0.2) is 17.2 Å². The predicted molar refractivity (Wildman–Crippen MR) is 565 cm³/mol. The summed E-state index contributed by atoms with van der Waals surface area (Å²) in [7, 11) is 2.76. The van der Waals surface area contributed by atoms with Crippen LogP contribution in [0.2, 0.25) is 0 Å². The molecule has 54 heteroatoms. The third kappa shape index (κ3) is 43.4. The van der Waals surface area contributed by atoms with Crippen molar-refractivity contribution in [3.05, 3.63) is 191 Å². The molecule has 788 valence electrons. The van der Waals surface area contributed by atoms with E-state index in [1.807, 2.05) is 77.6 Å². The summed E-state index contributed by atoms with van der Waals surface area (Å²) in [6, 6.07) is 12.7. The van der Waals surface area contributed by atoms with Gasteiger partial charge in [-0.25, -0.2) is 19.2 Å². The fraction of sp³-hybridized carbons (Fsp3) is 0.505. The average Bonchev–Trinajstić information content (AvgIpc) is 1.65. The molecule has 3 amide bonds. The number of aliphatic hydroxyl groups is 1. The molecular weight excluding hydrogens is 2400 g/mol. The SMILES string of the molecule is CC(C)(C)O.CCN1CC2COCCN2c2cc(Br)cnc2C1=O.COC(=O)CC1COCCN1.Cl.O=C1NCC2COCCN2c2cc(Br)cnc21.[C-]#[N+]c1ncc(Br)cc1F.[C-]#[N+]c1ncc(Br)cc1N1CCOCC1CC(=O)O.[C-]#[N+]c1ncc(Br)cc1N1CCOCC1CC(=O)OC.[C-]#[N+]c1ncc(Br)cc1N1CCOCC1CN.[C-]#[N+]c1ncc(Br)cc1N1CCOCC1CNC(=O)OC(C)(C)C.[Li+].[Na+].[OH-].[OH-]. The number of aromatic nitrogens is 7. The minimum atomic E-state index is -0.882. The number of hydrogen-bond donors (Lipinski definition) is 6. The zero-order chi connectivity index (χ0) is 104. The minimum Gasteiger partial charge on any atom is -0.870 e. The number of amides is 3. The molecule has 16 heterocycles. The first-order valence-electron chi connectivity index (χ1n) is 44.7. The second-order valence-corrected chi connectivity index (χ2v) is 40.2. The average molecular weight is 2520 g/mol. The summed E-state index contributed by atoms with van der Waals surface area (Å²) in [5.41, 5.74) is 10.5. The van der Waals surface area contributed by atoms with Crippen molar-refractivity contribution in [3.8, 4) is 0 Å². The number of anilines is 6. The molecule has 7 fully saturated rings. The standard InChI is InChI=1S/C16H21BrN4O3.C13H14BrN3O3.C13H16BrN3O2.C12H12BrN3O3.C11H13BrN4O.C11H12BrN3O2.C7H13NO3.C6H2BrFN2.C4H10O.ClH.Li.Na.2H2O/c1-16(2,3)24-15(22)20-9-12-10-23-6-5-21(12)13-7-11(17)8-19-14(13)18-4;1-15-13-11(5-9(14)7-16-13)17-3-4-20-8-10(17)6-12(18)19-2;1-2-16-7-10-8-19-4-3-17(10)11-5-9(14)6-15-12(11)13(16)18;1-14-12-10(4-8(13)6-15-12)16-2-3-19-7-9(16)5-11(17)18;1-14-11-10(4-8(12)6-15-11)16-2-3-17-7-9(16)5-13;12-7-3-9-10(13-4-7)11(16)14-5-8-6-17-2-1-15(8)9;1-10-7(9)4-6-5-11-3-2-8-6;1-9-6-5(8)2-4(7)3-10-6;1-4(2,3)5;;;;;/h7-8,12H,5-6,9-10H2,1-3H3,(H,20,22);5,7,10H,3-4,6,8H2,2H3;5-6,10H,2-4,7-8H2,1H3;4,6,9H,2-3,5,7H2,(H,17,18);4,6,9H,2-3,5,7,13H2;3-4,8H,1-2,5-6H2,(H,14,16);6,8H,2-5H2,1H3;2-3H;5H,1-3H3;1H;;;2*1H2/q;;;;;;;;;;2*+1;;/p-2. The topological polar surface area (TPSA) is 492 Å². The van der Waals surface area contributed by atoms with Crippen molar-refractivity contribution < 1.29 is 150 Å². The van der Waals surface area contributed by atoms with Crippen LogP contribution in [0.4, 0.5) is 72.4 Å². The number of rotatable bonds is 14. The number of nitrogens with one attached hydrogen (secondary N) is 3. The molecule has 0 aromatic carbocycles. The third-order valence-electron chi connectivity index (χ3n) is 21.3. The number of esters is 2. The van der Waals surface area contributed by atoms with Crippen LogP contribution >= 0.6 is 124 Å². The van der Waals surface area contributed by atoms with Crippen molar-refractivity contribution in [2.45, 2.75) is 121 Å². The summed E-state index contributed by atoms with van der Waals surface area (Å²) in [4.78, 5) is 129. The van der Waals surface area contributed by atoms with Gasteiger partial charge in [0.1, 0.15) is 36.6 Å². The molecule has 9 aliphatic heterocycles. The summed E-state index contributed by atoms with van der Waals surface area (Å²) in [6.07, 6.45) is 11.2. The second-order valence-electron chi connectivity index (χ2n) is 33.8. The molecule has 147 heavy (non-hydrogen) atoms. The Morgan fingerprint density at radius 3 is 1.23 bits per heavy atom. The summed E-state index contributed by atoms with van der Waals surface area (Å²) >= 11 is 23.3. The van der Waals surface area contributed by atoms with Gasteiger partial charge in [-0.2, -0.15) is 0 Å². The number of carboxylic acid groups (broad SMARTS) is 1. The van der Waals surface area contributed by atoms with Crippen LogP contribution in [0.15, 0.2) is 117 Å². The summed E-state index contributed by atoms with van der Waals surface area (Å²) in [6.45, 7) is 63.9. The van der Waals surface area contributed by atoms with E-state index >= 15 is 0 Å². The molecule has 0 saturated carbocycles. The normalized spacial score (nSPS) is 18.7. The fourth-order valence-corrected chi connectivity index (χ4v) is 17.2. The van der Waals surface area contributed by atoms with E-state index in [0.717, 1.165) is 82.4 Å². The van der Waals surface area contributed by atoms with Crippen LogP contribution in [0.3, 0.4) is 0 Å². The van der Waals surface area contributed by atoms with Gasteiger partial charge in [0.05, 0.1) is 224 Å². The molecule has 0 bridgehead atoms. The molecule has 0 spiro atoms. The number of alkyl carbamates (subject to hydrolysis) is 1. The number of carbonyl (C=O) groups is 6. The molecule has 0 aliphatic carbocycles. The van der Waals surface area contributed by atoms with Gasteiger partial charge in [0, 0.05) is 106 Å². The first-order chi connectivity index (χ1) is 67.8. The van der Waals surface area contributed by atoms with Gasteiger partial charge < -0.3 is 149 Å². The Morgan fingerprint density at radius 1 is 0.497 bits per heavy atom. The van der Waals surface area contributed by atoms with Crippen LogP contribution in [-0.2, 0) is 61.8 Å². The van der Waals surface area contributed by atoms with Crippen LogP contribution in [0.1, 0.15) is 88.7 Å². The van der Waals surface area contributed by atoms with Crippen LogP contribution in [0.25, 0.3) is 24.2 Å². The molecule has 9 N–H and O–H groups in total. The van der Waals surface area contributed by atoms with Crippen molar-refractivity contribution in [1.82, 2.24) is 55.7 Å². The van der Waals surface area contributed by atoms with Gasteiger partial charge in [0.25, 0.3) is 35.1 Å². The number of morpholine rings is 7. The van der Waals surface area contributed by atoms with Crippen molar-refractivity contribution in [3.63, 3.8) is 0 Å². The third-order valence-corrected chi connectivity index (χ3v) is 24.3. The van der Waals surface area contributed by atoms with Crippen molar-refractivity contribution in [2.24, 2.45) is 5.73 Å². The Bertz CT molecular complexity index is 5640. The number of aliphatic carboxylic acids is 1. The van der Waals surface area contributed by atoms with Crippen molar-refractivity contribution in [1.29, 1.82) is 0 Å². The molecule has 9 aliphatic rings. The number of ether oxygens (including phenoxy) is 10. The molecule has 16 rings (SSSR count). The van der Waals surface area contributed by atoms with E-state index in [2.05, 4.69) is 206 Å². The number of nitrogens with two attached hydrogens (primary N) is 1. The maximum atomic E-state index is 12.5. The molecule has 7 aromatic heterocycles. The van der Waals surface area contributed by atoms with Gasteiger partial charge in [-0.1, -0.05) is 32.9 Å². The molecule has 7 saturated heterocycles. The molecule has 7 aromatic rings. The summed E-state index contributed by atoms with van der Waals surface area (Å²) in [5.74, 6) is -0.895. The number of halogens is 9. The molecule has 43 nitrogen and oxygen atoms in total. The van der Waals surface area contributed by atoms with Crippen LogP contribution in [0.5, 0.6) is 0 Å². The van der Waals surface area contributed by atoms with E-state index in [4.69, 9.17) is 91.4 Å². The maximum absolute atomic E-state index is 12.5. The van der Waals surface area contributed by atoms with Gasteiger partial charge in [-0.05, 0) is 202 Å². The number of pyridine rings is 7. The molecule has 7 unspecified atom stereocenters. The maximum Gasteiger partial charge on any atom is 1.00 e. The van der Waals surface area contributed by atoms with Gasteiger partial charge in [-0.3, -0.25) is 24.0 Å². The Labute approximate surface area is 953 Å². The first-order valence-corrected chi connectivity index (χ1v) is 50.2. The van der Waals surface area contributed by atoms with Crippen LogP contribution in [-0.4, -0.2) is 336 Å². The summed E-state index contributed by atoms with van der Waals surface area (Å²) in [5, 5.41) is 26.3. The number of carbonyl (C=O) groups excluding carboxylic acids is 5. The fourth-order valence-electron chi connectivity index (χ4n) is 14.9. The first kappa shape index (κ1) is 133. The summed E-state index contributed by atoms with van der Waals surface area (Å²) < 4.78 is 70.4. The van der Waals surface area contributed by atoms with E-state index in [9.17, 15) is 33.2 Å². The number of fused-ring (bicyclic) bond motifs is 6. The Morgan fingerprint density at radius 2 is 0.837 bits per heavy atom. The molecular formula is C93H116Br7ClFLiN23NaO20. The smallest absolute Gasteiger partial charge is 0.870 e. The van der Waals surface area contributed by atoms with Gasteiger partial charge in [-0.15, -0.1) is 37.3 Å². The Balaban J connectivity index is 0.000000430.